The molecule has 3 aromatic carbocycles. The molecule has 0 saturated carbocycles. The van der Waals surface area contributed by atoms with Crippen molar-refractivity contribution >= 4 is 58.4 Å². The first kappa shape index (κ1) is 36.9. The van der Waals surface area contributed by atoms with Crippen LogP contribution in [-0.4, -0.2) is 38.5 Å². The van der Waals surface area contributed by atoms with Gasteiger partial charge < -0.3 is 5.11 Å². The quantitative estimate of drug-likeness (QED) is 0.0657. The molecule has 0 spiro atoms. The van der Waals surface area contributed by atoms with Crippen LogP contribution in [0.5, 0.6) is 0 Å². The second-order valence-electron chi connectivity index (χ2n) is 14.6. The third-order valence-electron chi connectivity index (χ3n) is 8.84. The Morgan fingerprint density at radius 1 is 0.917 bits per heavy atom. The van der Waals surface area contributed by atoms with Gasteiger partial charge in [0.25, 0.3) is 0 Å². The van der Waals surface area contributed by atoms with Crippen molar-refractivity contribution in [1.29, 1.82) is 0 Å². The molecule has 0 aliphatic carbocycles. The number of nitrogens with zero attached hydrogens (tertiary/aromatic N) is 1. The summed E-state index contributed by atoms with van der Waals surface area (Å²) in [6, 6.07) is 22.7. The monoisotopic (exact) mass is 907 g/mol. The van der Waals surface area contributed by atoms with E-state index < -0.39 is 14.1 Å². The molecular weight excluding hydrogens is 850 g/mol. The average molecular weight is 906 g/mol. The van der Waals surface area contributed by atoms with Crippen LogP contribution in [0.4, 0.5) is 0 Å². The first-order valence-corrected chi connectivity index (χ1v) is 22.4. The average Bonchev–Trinajstić information content (AvgIpc) is 3.44. The number of hydrogen-bond acceptors (Lipinski definition) is 3. The summed E-state index contributed by atoms with van der Waals surface area (Å²) in [6.45, 7) is 21.2. The Balaban J connectivity index is 0.000000361. The van der Waals surface area contributed by atoms with Gasteiger partial charge in [-0.1, -0.05) is 27.7 Å². The topological polar surface area (TPSA) is 50.2 Å². The van der Waals surface area contributed by atoms with Gasteiger partial charge in [0.05, 0.1) is 5.76 Å². The molecule has 0 amide bonds. The normalized spacial score (nSPS) is 13.4. The van der Waals surface area contributed by atoms with Crippen molar-refractivity contribution in [3.63, 3.8) is 0 Å². The zero-order chi connectivity index (χ0) is 36.3. The van der Waals surface area contributed by atoms with E-state index in [0.717, 1.165) is 47.9 Å². The van der Waals surface area contributed by atoms with E-state index in [1.54, 1.807) is 0 Å². The van der Waals surface area contributed by atoms with Gasteiger partial charge in [-0.25, -0.2) is 0 Å². The summed E-state index contributed by atoms with van der Waals surface area (Å²) in [7, 11) is -2.09. The molecule has 0 atom stereocenters. The summed E-state index contributed by atoms with van der Waals surface area (Å²) < 4.78 is 20.5. The number of benzene rings is 3. The first-order chi connectivity index (χ1) is 23.0. The van der Waals surface area contributed by atoms with Gasteiger partial charge in [0.1, 0.15) is 0 Å². The van der Waals surface area contributed by atoms with E-state index in [2.05, 4.69) is 88.9 Å². The molecule has 0 aliphatic heterocycles. The molecule has 5 aromatic rings. The predicted octanol–water partition coefficient (Wildman–Crippen LogP) is 11.7. The summed E-state index contributed by atoms with van der Waals surface area (Å²) in [4.78, 5) is 16.6. The number of rotatable bonds is 10. The molecule has 2 aromatic heterocycles. The predicted molar refractivity (Wildman–Crippen MR) is 208 cm³/mol. The maximum Gasteiger partial charge on any atom is 0 e. The van der Waals surface area contributed by atoms with E-state index in [-0.39, 0.29) is 63.4 Å². The van der Waals surface area contributed by atoms with E-state index in [0.29, 0.717) is 0 Å². The molecule has 0 bridgehead atoms. The third kappa shape index (κ3) is 9.46. The van der Waals surface area contributed by atoms with E-state index in [4.69, 9.17) is 7.73 Å². The SMILES string of the molecule is CCC(CC)C(=O)/C=C(\O)C(CC)CC.[2H]C([2H])(c1cccc2c1[se]c1c(-c3[c-]c4ccccc4c(C(C)(C)C)c3)nccc12)[Si](C)(C)C.[Ir]. The third-order valence-corrected chi connectivity index (χ3v) is 12.5. The maximum atomic E-state index is 11.7. The molecular formula is C42H54IrNO2SeSi-. The minimum Gasteiger partial charge on any atom is 0 e. The number of aliphatic hydroxyl groups excluding tert-OH is 1. The fraction of sp³-hybridized carbons (Fsp3) is 0.429. The Morgan fingerprint density at radius 2 is 1.52 bits per heavy atom. The summed E-state index contributed by atoms with van der Waals surface area (Å²) in [5.41, 5.74) is 4.20. The molecule has 48 heavy (non-hydrogen) atoms. The van der Waals surface area contributed by atoms with Crippen molar-refractivity contribution < 1.29 is 32.7 Å². The number of carbonyl (C=O) groups excluding carboxylic acids is 1. The Bertz CT molecular complexity index is 1960. The molecule has 259 valence electrons. The standard InChI is InChI=1S/C29H30NSeSi.C13H24O2.Ir/c1-29(2,3)25-17-21(16-19-10-7-8-12-22(19)25)26-28-24(14-15-30-26)23-13-9-11-20(27(23)31-28)18-32(4,5)6;1-5-10(6-2)12(14)9-13(15)11(7-3)8-4;/h7-15,17H,18H2,1-6H3;9-11,14H,5-8H2,1-4H3;/q-1;;/b;12-9-;/i18D2;;. The molecule has 6 heteroatoms. The second-order valence-corrected chi connectivity index (χ2v) is 21.5. The number of aliphatic hydroxyl groups is 1. The molecule has 0 unspecified atom stereocenters. The summed E-state index contributed by atoms with van der Waals surface area (Å²) in [5, 5.41) is 14.5. The van der Waals surface area contributed by atoms with Crippen LogP contribution >= 0.6 is 0 Å². The zero-order valence-corrected chi connectivity index (χ0v) is 35.5. The van der Waals surface area contributed by atoms with Crippen molar-refractivity contribution in [2.75, 3.05) is 0 Å². The van der Waals surface area contributed by atoms with Crippen LogP contribution in [-0.2, 0) is 36.3 Å². The van der Waals surface area contributed by atoms with Crippen LogP contribution in [0, 0.1) is 17.9 Å². The van der Waals surface area contributed by atoms with Crippen LogP contribution < -0.4 is 0 Å². The molecule has 2 heterocycles. The number of ketones is 1. The van der Waals surface area contributed by atoms with E-state index in [1.807, 2.05) is 46.0 Å². The van der Waals surface area contributed by atoms with Crippen LogP contribution in [0.1, 0.15) is 88.0 Å². The molecule has 0 aliphatic rings. The van der Waals surface area contributed by atoms with Gasteiger partial charge in [-0.15, -0.1) is 0 Å². The van der Waals surface area contributed by atoms with Crippen LogP contribution in [0.2, 0.25) is 19.6 Å². The van der Waals surface area contributed by atoms with E-state index in [9.17, 15) is 9.90 Å². The largest absolute Gasteiger partial charge is 0 e. The molecule has 0 fully saturated rings. The minimum atomic E-state index is -2.09. The number of fused-ring (bicyclic) bond motifs is 4. The smallest absolute Gasteiger partial charge is 0 e. The summed E-state index contributed by atoms with van der Waals surface area (Å²) >= 11 is -0.0146. The Labute approximate surface area is 312 Å². The van der Waals surface area contributed by atoms with Crippen LogP contribution in [0.15, 0.2) is 72.6 Å². The summed E-state index contributed by atoms with van der Waals surface area (Å²) in [5.74, 6) is -0.740. The Hall–Kier alpha value is -2.33. The van der Waals surface area contributed by atoms with Gasteiger partial charge in [-0.05, 0) is 25.7 Å². The van der Waals surface area contributed by atoms with E-state index >= 15 is 0 Å². The molecule has 0 saturated heterocycles. The maximum absolute atomic E-state index is 11.7. The van der Waals surface area contributed by atoms with Gasteiger partial charge in [0.15, 0.2) is 5.78 Å². The fourth-order valence-electron chi connectivity index (χ4n) is 6.18. The fourth-order valence-corrected chi connectivity index (χ4v) is 10.1. The van der Waals surface area contributed by atoms with E-state index in [1.165, 1.54) is 36.3 Å². The first-order valence-electron chi connectivity index (χ1n) is 18.2. The number of hydrogen-bond donors (Lipinski definition) is 1. The van der Waals surface area contributed by atoms with Gasteiger partial charge in [0.2, 0.25) is 0 Å². The molecule has 1 N–H and O–H groups in total. The number of carbonyl (C=O) groups is 1. The van der Waals surface area contributed by atoms with Gasteiger partial charge in [0, 0.05) is 38.0 Å². The van der Waals surface area contributed by atoms with Crippen LogP contribution in [0.3, 0.4) is 0 Å². The zero-order valence-electron chi connectivity index (χ0n) is 32.4. The summed E-state index contributed by atoms with van der Waals surface area (Å²) in [6.07, 6.45) is 6.81. The van der Waals surface area contributed by atoms with Crippen LogP contribution in [0.25, 0.3) is 41.3 Å². The number of aromatic nitrogens is 1. The molecule has 3 nitrogen and oxygen atoms in total. The van der Waals surface area contributed by atoms with Gasteiger partial charge in [-0.3, -0.25) is 4.79 Å². The van der Waals surface area contributed by atoms with Gasteiger partial charge in [-0.2, -0.15) is 0 Å². The number of allylic oxidation sites excluding steroid dienone is 2. The second kappa shape index (κ2) is 17.1. The van der Waals surface area contributed by atoms with Crippen molar-refractivity contribution in [2.24, 2.45) is 11.8 Å². The Morgan fingerprint density at radius 3 is 2.12 bits per heavy atom. The number of pyridine rings is 1. The molecule has 1 radical (unpaired) electrons. The van der Waals surface area contributed by atoms with Crippen molar-refractivity contribution in [3.8, 4) is 11.3 Å². The van der Waals surface area contributed by atoms with Crippen molar-refractivity contribution in [3.05, 3.63) is 89.8 Å². The van der Waals surface area contributed by atoms with Gasteiger partial charge >= 0.3 is 201 Å². The van der Waals surface area contributed by atoms with Crippen molar-refractivity contribution in [1.82, 2.24) is 4.98 Å². The minimum absolute atomic E-state index is 0. The molecule has 5 rings (SSSR count). The van der Waals surface area contributed by atoms with Crippen molar-refractivity contribution in [2.45, 2.75) is 105 Å². The Kier molecular flexibility index (Phi) is 13.1.